The molecule has 0 spiro atoms. The molecule has 160 valence electrons. The van der Waals surface area contributed by atoms with Gasteiger partial charge in [-0.25, -0.2) is 18.6 Å². The van der Waals surface area contributed by atoms with Gasteiger partial charge in [-0.15, -0.1) is 10.2 Å². The molecule has 0 aliphatic heterocycles. The number of nitrogens with two attached hydrogens (primary N) is 5. The second-order valence-electron chi connectivity index (χ2n) is 4.18. The quantitative estimate of drug-likeness (QED) is 0.209. The molecule has 0 saturated heterocycles. The van der Waals surface area contributed by atoms with Gasteiger partial charge >= 0.3 is 16.8 Å². The van der Waals surface area contributed by atoms with E-state index in [1.807, 2.05) is 0 Å². The zero-order valence-electron chi connectivity index (χ0n) is 13.8. The van der Waals surface area contributed by atoms with E-state index in [0.717, 1.165) is 19.6 Å². The molecule has 13 nitrogen and oxygen atoms in total. The van der Waals surface area contributed by atoms with Gasteiger partial charge in [-0.2, -0.15) is 0 Å². The van der Waals surface area contributed by atoms with Gasteiger partial charge in [-0.05, 0) is 0 Å². The SMILES string of the molecule is NC(=O)C[C@H](N)C(=O)[O-].NCCN(CCN)CCN.[Cl-].[Co+3].[O-][Cl+3]([O-])([O-])[O-]. The first-order valence-corrected chi connectivity index (χ1v) is 7.81. The Kier molecular flexibility index (Phi) is 31.9. The van der Waals surface area contributed by atoms with Crippen LogP contribution in [-0.4, -0.2) is 62.1 Å². The molecule has 26 heavy (non-hydrogen) atoms. The van der Waals surface area contributed by atoms with Crippen LogP contribution in [0.25, 0.3) is 0 Å². The zero-order valence-corrected chi connectivity index (χ0v) is 16.4. The summed E-state index contributed by atoms with van der Waals surface area (Å²) in [5.41, 5.74) is 25.6. The van der Waals surface area contributed by atoms with Crippen molar-refractivity contribution in [1.29, 1.82) is 0 Å². The van der Waals surface area contributed by atoms with Gasteiger partial charge in [0.2, 0.25) is 5.91 Å². The van der Waals surface area contributed by atoms with Crippen LogP contribution in [0.1, 0.15) is 6.42 Å². The van der Waals surface area contributed by atoms with Crippen LogP contribution in [0.15, 0.2) is 0 Å². The number of halogens is 2. The number of carbonyl (C=O) groups excluding carboxylic acids is 2. The Balaban J connectivity index is -0.0000000856. The van der Waals surface area contributed by atoms with Crippen LogP contribution in [0.2, 0.25) is 0 Å². The normalized spacial score (nSPS) is 10.8. The summed E-state index contributed by atoms with van der Waals surface area (Å²) in [7, 11) is -4.94. The molecular formula is C10H25Cl2CoN6O7. The number of rotatable bonds is 9. The number of carboxylic acids is 1. The van der Waals surface area contributed by atoms with Crippen molar-refractivity contribution < 1.29 is 72.8 Å². The first-order valence-electron chi connectivity index (χ1n) is 6.58. The summed E-state index contributed by atoms with van der Waals surface area (Å²) in [5.74, 6) is -2.21. The maximum absolute atomic E-state index is 9.97. The van der Waals surface area contributed by atoms with Crippen molar-refractivity contribution in [3.8, 4) is 0 Å². The number of hydrogen-bond acceptors (Lipinski definition) is 12. The van der Waals surface area contributed by atoms with Crippen LogP contribution in [-0.2, 0) is 26.4 Å². The molecule has 0 heterocycles. The van der Waals surface area contributed by atoms with Crippen molar-refractivity contribution >= 4 is 11.9 Å². The summed E-state index contributed by atoms with van der Waals surface area (Å²) in [4.78, 5) is 21.9. The van der Waals surface area contributed by atoms with E-state index >= 15 is 0 Å². The Bertz CT molecular complexity index is 321. The molecule has 0 bridgehead atoms. The molecule has 0 unspecified atom stereocenters. The number of aliphatic carboxylic acids is 1. The average Bonchev–Trinajstić information content (AvgIpc) is 2.37. The smallest absolute Gasteiger partial charge is 1.00 e. The fraction of sp³-hybridized carbons (Fsp3) is 0.800. The van der Waals surface area contributed by atoms with Crippen molar-refractivity contribution in [2.45, 2.75) is 12.5 Å². The molecule has 10 N–H and O–H groups in total. The third-order valence-electron chi connectivity index (χ3n) is 2.06. The van der Waals surface area contributed by atoms with Crippen molar-refractivity contribution in [2.75, 3.05) is 39.3 Å². The maximum Gasteiger partial charge on any atom is 3.00 e. The standard InChI is InChI=1S/C6H18N4.C4H8N2O3.ClHO4.ClH.Co/c7-1-4-10(5-2-8)6-3-9;5-2(4(8)9)1-3(6)7;2-1(3,4)5;;/h1-9H2;2H,1,5H2,(H2,6,7)(H,8,9);(H,2,3,4,5);1H;/q;;;;+3/p-3/t;2-;;;/m.0.../s1. The van der Waals surface area contributed by atoms with E-state index in [9.17, 15) is 14.7 Å². The Morgan fingerprint density at radius 1 is 0.923 bits per heavy atom. The second kappa shape index (κ2) is 22.7. The molecule has 1 amide bonds. The molecule has 0 aromatic carbocycles. The van der Waals surface area contributed by atoms with E-state index < -0.39 is 28.2 Å². The van der Waals surface area contributed by atoms with Gasteiger partial charge in [0.25, 0.3) is 0 Å². The summed E-state index contributed by atoms with van der Waals surface area (Å²) < 4.78 is 34.0. The zero-order chi connectivity index (χ0) is 19.8. The van der Waals surface area contributed by atoms with Crippen molar-refractivity contribution in [1.82, 2.24) is 4.90 Å². The number of carbonyl (C=O) groups is 2. The topological polar surface area (TPSA) is 283 Å². The van der Waals surface area contributed by atoms with Crippen LogP contribution in [0, 0.1) is 10.2 Å². The number of carboxylic acid groups (broad SMARTS) is 1. The molecule has 0 aliphatic carbocycles. The molecule has 0 aromatic rings. The summed E-state index contributed by atoms with van der Waals surface area (Å²) in [6, 6.07) is -1.28. The van der Waals surface area contributed by atoms with Gasteiger partial charge in [-0.3, -0.25) is 9.69 Å². The number of nitrogens with zero attached hydrogens (tertiary/aromatic N) is 1. The van der Waals surface area contributed by atoms with Gasteiger partial charge in [0.15, 0.2) is 0 Å². The maximum atomic E-state index is 9.97. The van der Waals surface area contributed by atoms with Crippen LogP contribution in [0.5, 0.6) is 0 Å². The largest absolute Gasteiger partial charge is 3.00 e. The van der Waals surface area contributed by atoms with Crippen LogP contribution in [0.3, 0.4) is 0 Å². The minimum absolute atomic E-state index is 0. The molecule has 0 saturated carbocycles. The van der Waals surface area contributed by atoms with E-state index in [2.05, 4.69) is 10.6 Å². The molecule has 0 aliphatic rings. The molecule has 1 atom stereocenters. The first kappa shape index (κ1) is 36.6. The summed E-state index contributed by atoms with van der Waals surface area (Å²) >= 11 is 0. The molecule has 16 heteroatoms. The van der Waals surface area contributed by atoms with Gasteiger partial charge in [0.05, 0.1) is 12.0 Å². The minimum Gasteiger partial charge on any atom is -1.00 e. The summed E-state index contributed by atoms with van der Waals surface area (Å²) in [6.07, 6.45) is -0.373. The van der Waals surface area contributed by atoms with Gasteiger partial charge in [-0.1, -0.05) is 0 Å². The van der Waals surface area contributed by atoms with E-state index in [4.69, 9.17) is 41.6 Å². The number of primary amides is 1. The third kappa shape index (κ3) is 43.8. The Morgan fingerprint density at radius 2 is 1.19 bits per heavy atom. The number of amides is 1. The average molecular weight is 471 g/mol. The van der Waals surface area contributed by atoms with Gasteiger partial charge < -0.3 is 51.0 Å². The van der Waals surface area contributed by atoms with E-state index in [-0.39, 0.29) is 35.6 Å². The van der Waals surface area contributed by atoms with Gasteiger partial charge in [0.1, 0.15) is 0 Å². The molecular weight excluding hydrogens is 446 g/mol. The van der Waals surface area contributed by atoms with E-state index in [1.54, 1.807) is 0 Å². The fourth-order valence-corrected chi connectivity index (χ4v) is 1.18. The molecule has 0 rings (SSSR count). The first-order chi connectivity index (χ1) is 10.9. The van der Waals surface area contributed by atoms with Crippen molar-refractivity contribution in [2.24, 2.45) is 28.7 Å². The van der Waals surface area contributed by atoms with Crippen molar-refractivity contribution in [3.05, 3.63) is 0 Å². The Hall–Kier alpha value is -0.334. The molecule has 0 fully saturated rings. The number of hydrogen-bond donors (Lipinski definition) is 5. The van der Waals surface area contributed by atoms with Gasteiger partial charge in [0, 0.05) is 45.7 Å². The van der Waals surface area contributed by atoms with Crippen LogP contribution >= 0.6 is 0 Å². The van der Waals surface area contributed by atoms with Crippen molar-refractivity contribution in [3.63, 3.8) is 0 Å². The Morgan fingerprint density at radius 3 is 1.31 bits per heavy atom. The van der Waals surface area contributed by atoms with E-state index in [0.29, 0.717) is 19.6 Å². The minimum atomic E-state index is -4.94. The summed E-state index contributed by atoms with van der Waals surface area (Å²) in [5, 5.41) is 9.79. The predicted octanol–water partition coefficient (Wildman–Crippen LogP) is -12.7. The third-order valence-corrected chi connectivity index (χ3v) is 2.06. The van der Waals surface area contributed by atoms with Crippen LogP contribution < -0.4 is 64.8 Å². The molecule has 0 aromatic heterocycles. The fourth-order valence-electron chi connectivity index (χ4n) is 1.18. The monoisotopic (exact) mass is 470 g/mol. The summed E-state index contributed by atoms with van der Waals surface area (Å²) in [6.45, 7) is 4.73. The van der Waals surface area contributed by atoms with E-state index in [1.165, 1.54) is 0 Å². The Labute approximate surface area is 170 Å². The second-order valence-corrected chi connectivity index (χ2v) is 4.94. The predicted molar refractivity (Wildman–Crippen MR) is 70.4 cm³/mol. The molecule has 0 radical (unpaired) electrons. The van der Waals surface area contributed by atoms with Crippen LogP contribution in [0.4, 0.5) is 0 Å².